The van der Waals surface area contributed by atoms with Crippen LogP contribution in [0.2, 0.25) is 0 Å². The molecule has 0 amide bonds. The van der Waals surface area contributed by atoms with E-state index in [0.29, 0.717) is 84.8 Å². The summed E-state index contributed by atoms with van der Waals surface area (Å²) in [5.74, 6) is 1.53. The molecule has 5 aliphatic heterocycles. The zero-order valence-corrected chi connectivity index (χ0v) is 30.3. The van der Waals surface area contributed by atoms with Gasteiger partial charge in [-0.1, -0.05) is 30.2 Å². The Morgan fingerprint density at radius 2 is 1.77 bits per heavy atom. The molecule has 9 rings (SSSR count). The Balaban J connectivity index is 1.10. The Morgan fingerprint density at radius 3 is 2.54 bits per heavy atom. The number of hydrogen-bond acceptors (Lipinski definition) is 8. The van der Waals surface area contributed by atoms with Crippen molar-refractivity contribution in [1.82, 2.24) is 25.2 Å². The highest BCUT2D eigenvalue weighted by Gasteiger charge is 2.69. The predicted molar refractivity (Wildman–Crippen MR) is 191 cm³/mol. The third-order valence-electron chi connectivity index (χ3n) is 12.9. The molecule has 0 unspecified atom stereocenters. The minimum Gasteiger partial charge on any atom is -0.461 e. The molecule has 56 heavy (non-hydrogen) atoms. The fourth-order valence-electron chi connectivity index (χ4n) is 9.88. The van der Waals surface area contributed by atoms with Crippen LogP contribution < -0.4 is 15.0 Å². The molecular weight excluding hydrogens is 748 g/mol. The van der Waals surface area contributed by atoms with Crippen LogP contribution in [-0.4, -0.2) is 93.8 Å². The van der Waals surface area contributed by atoms with Crippen molar-refractivity contribution in [2.75, 3.05) is 31.2 Å². The van der Waals surface area contributed by atoms with Gasteiger partial charge in [0.1, 0.15) is 29.5 Å². The smallest absolute Gasteiger partial charge is 0.426 e. The number of terminal acetylenes is 1. The maximum absolute atomic E-state index is 17.2. The summed E-state index contributed by atoms with van der Waals surface area (Å²) < 4.78 is 125. The molecule has 0 saturated carbocycles. The minimum absolute atomic E-state index is 0.0144. The Hall–Kier alpha value is -4.33. The van der Waals surface area contributed by atoms with E-state index in [1.807, 2.05) is 4.90 Å². The molecule has 0 spiro atoms. The number of alkyl halides is 6. The quantitative estimate of drug-likeness (QED) is 0.152. The number of benzene rings is 2. The van der Waals surface area contributed by atoms with Crippen molar-refractivity contribution in [3.05, 3.63) is 53.2 Å². The highest BCUT2D eigenvalue weighted by atomic mass is 19.4. The number of aryl methyl sites for hydroxylation is 1. The summed E-state index contributed by atoms with van der Waals surface area (Å²) >= 11 is 0. The van der Waals surface area contributed by atoms with Crippen LogP contribution in [0.1, 0.15) is 63.1 Å². The minimum atomic E-state index is -5.66. The maximum Gasteiger partial charge on any atom is 0.426 e. The van der Waals surface area contributed by atoms with Gasteiger partial charge in [-0.3, -0.25) is 4.90 Å². The topological polar surface area (TPSA) is 75.6 Å². The third kappa shape index (κ3) is 5.70. The third-order valence-corrected chi connectivity index (χ3v) is 12.9. The summed E-state index contributed by atoms with van der Waals surface area (Å²) in [6, 6.07) is 7.57. The Bertz CT molecular complexity index is 2260. The van der Waals surface area contributed by atoms with Crippen LogP contribution in [0.4, 0.5) is 40.9 Å². The van der Waals surface area contributed by atoms with E-state index in [0.717, 1.165) is 12.8 Å². The van der Waals surface area contributed by atoms with Crippen LogP contribution in [-0.2, 0) is 11.2 Å². The summed E-state index contributed by atoms with van der Waals surface area (Å²) in [6.45, 7) is 0.267. The molecular formula is C40H38F8N6O2. The number of anilines is 1. The van der Waals surface area contributed by atoms with Gasteiger partial charge >= 0.3 is 18.4 Å². The van der Waals surface area contributed by atoms with Crippen molar-refractivity contribution >= 4 is 27.5 Å². The summed E-state index contributed by atoms with van der Waals surface area (Å²) in [6.07, 6.45) is -0.476. The number of pyridine rings is 1. The number of piperazine rings is 1. The van der Waals surface area contributed by atoms with Gasteiger partial charge in [-0.15, -0.1) is 6.42 Å². The lowest BCUT2D eigenvalue weighted by atomic mass is 9.95. The van der Waals surface area contributed by atoms with E-state index in [1.54, 1.807) is 24.3 Å². The molecule has 0 radical (unpaired) electrons. The average Bonchev–Trinajstić information content (AvgIpc) is 3.82. The number of nitrogens with one attached hydrogen (secondary N) is 1. The van der Waals surface area contributed by atoms with E-state index in [2.05, 4.69) is 21.1 Å². The highest BCUT2D eigenvalue weighted by Crippen LogP contribution is 2.48. The van der Waals surface area contributed by atoms with Crippen molar-refractivity contribution in [1.29, 1.82) is 0 Å². The van der Waals surface area contributed by atoms with Gasteiger partial charge in [0.2, 0.25) is 0 Å². The van der Waals surface area contributed by atoms with Crippen LogP contribution in [0.15, 0.2) is 30.3 Å². The van der Waals surface area contributed by atoms with Gasteiger partial charge in [0.15, 0.2) is 5.82 Å². The van der Waals surface area contributed by atoms with E-state index in [1.165, 1.54) is 6.07 Å². The first-order valence-corrected chi connectivity index (χ1v) is 18.9. The van der Waals surface area contributed by atoms with E-state index in [4.69, 9.17) is 25.9 Å². The van der Waals surface area contributed by atoms with Crippen LogP contribution in [0.5, 0.6) is 6.01 Å². The molecule has 296 valence electrons. The molecule has 0 aliphatic carbocycles. The van der Waals surface area contributed by atoms with Crippen molar-refractivity contribution in [3.63, 3.8) is 0 Å². The van der Waals surface area contributed by atoms with Crippen LogP contribution in [0.3, 0.4) is 0 Å². The van der Waals surface area contributed by atoms with Crippen molar-refractivity contribution in [2.24, 2.45) is 0 Å². The van der Waals surface area contributed by atoms with Crippen LogP contribution in [0, 0.1) is 24.0 Å². The van der Waals surface area contributed by atoms with Crippen molar-refractivity contribution in [3.8, 4) is 29.6 Å². The molecule has 2 aromatic carbocycles. The second-order valence-electron chi connectivity index (χ2n) is 15.9. The van der Waals surface area contributed by atoms with E-state index >= 15 is 8.78 Å². The lowest BCUT2D eigenvalue weighted by Gasteiger charge is -2.41. The van der Waals surface area contributed by atoms with Gasteiger partial charge in [-0.05, 0) is 76.3 Å². The van der Waals surface area contributed by atoms with Gasteiger partial charge < -0.3 is 19.7 Å². The second kappa shape index (κ2) is 13.1. The van der Waals surface area contributed by atoms with E-state index in [9.17, 15) is 26.3 Å². The Morgan fingerprint density at radius 1 is 0.964 bits per heavy atom. The number of hydrogen-bond donors (Lipinski definition) is 1. The lowest BCUT2D eigenvalue weighted by molar-refractivity contribution is -0.375. The van der Waals surface area contributed by atoms with Gasteiger partial charge in [0.25, 0.3) is 5.60 Å². The molecule has 1 N–H and O–H groups in total. The zero-order chi connectivity index (χ0) is 39.4. The standard InChI is InChI=1S/C40H38F8N6O2/c1-3-24-26(41)10-8-21-6-4-7-25(30(21)24)33-32(42)34-31-28(50-33)12-13-29-27-11-9-22(49-27)18-53(29)35(31)52-36(51-34)55-20-38-15-5-17-54(38)23(14-16-38)19-56-37(2,39(43,44)45)40(46,47)48/h1,4,6-8,10,22-23,27,29,49H,5,9,11-20H2,2H3/t22-,23+,27+,29-,38+/m1/s1. The molecule has 2 aromatic heterocycles. The summed E-state index contributed by atoms with van der Waals surface area (Å²) in [5.41, 5.74) is -4.23. The van der Waals surface area contributed by atoms with Crippen molar-refractivity contribution < 1.29 is 44.6 Å². The molecule has 4 fully saturated rings. The summed E-state index contributed by atoms with van der Waals surface area (Å²) in [4.78, 5) is 18.5. The Labute approximate surface area is 316 Å². The predicted octanol–water partition coefficient (Wildman–Crippen LogP) is 7.64. The number of halogens is 8. The molecule has 2 bridgehead atoms. The van der Waals surface area contributed by atoms with Gasteiger partial charge in [-0.25, -0.2) is 13.8 Å². The van der Waals surface area contributed by atoms with E-state index < -0.39 is 47.8 Å². The van der Waals surface area contributed by atoms with Gasteiger partial charge in [0.05, 0.1) is 28.8 Å². The molecule has 16 heteroatoms. The first-order valence-electron chi connectivity index (χ1n) is 18.9. The number of rotatable bonds is 7. The van der Waals surface area contributed by atoms with Gasteiger partial charge in [-0.2, -0.15) is 36.3 Å². The molecule has 4 saturated heterocycles. The molecule has 5 aliphatic rings. The largest absolute Gasteiger partial charge is 0.461 e. The molecule has 5 atom stereocenters. The normalized spacial score (nSPS) is 26.4. The monoisotopic (exact) mass is 786 g/mol. The van der Waals surface area contributed by atoms with Gasteiger partial charge in [0, 0.05) is 41.7 Å². The van der Waals surface area contributed by atoms with Crippen molar-refractivity contribution in [2.45, 2.75) is 106 Å². The zero-order valence-electron chi connectivity index (χ0n) is 30.3. The number of aromatic nitrogens is 3. The lowest BCUT2D eigenvalue weighted by Crippen LogP contribution is -2.58. The first kappa shape index (κ1) is 37.3. The first-order chi connectivity index (χ1) is 26.6. The number of nitrogens with zero attached hydrogens (tertiary/aromatic N) is 5. The molecule has 8 nitrogen and oxygen atoms in total. The Kier molecular flexibility index (Phi) is 8.72. The molecule has 7 heterocycles. The summed E-state index contributed by atoms with van der Waals surface area (Å²) in [5, 5.41) is 5.11. The average molecular weight is 787 g/mol. The SMILES string of the molecule is C#Cc1c(F)ccc2cccc(-c3nc4c5c(nc(OC[C@@]67CCCN6[C@H](COC(C)(C(F)(F)F)C(F)(F)F)CC7)nc5c3F)N3C[C@H]5CC[C@H](N5)[C@H]3CC4)c12. The highest BCUT2D eigenvalue weighted by molar-refractivity contribution is 6.02. The maximum atomic E-state index is 17.2. The van der Waals surface area contributed by atoms with Crippen LogP contribution in [0.25, 0.3) is 32.9 Å². The fourth-order valence-corrected chi connectivity index (χ4v) is 9.88. The van der Waals surface area contributed by atoms with E-state index in [-0.39, 0.29) is 54.4 Å². The summed E-state index contributed by atoms with van der Waals surface area (Å²) in [7, 11) is 0. The fraction of sp³-hybridized carbons (Fsp3) is 0.525. The second-order valence-corrected chi connectivity index (χ2v) is 15.9. The molecule has 4 aromatic rings. The number of ether oxygens (including phenoxy) is 2. The number of fused-ring (bicyclic) bond motifs is 7. The van der Waals surface area contributed by atoms with Crippen LogP contribution >= 0.6 is 0 Å².